The van der Waals surface area contributed by atoms with E-state index in [4.69, 9.17) is 9.85 Å². The molecule has 0 aromatic heterocycles. The Hall–Kier alpha value is -1.31. The molecule has 1 aromatic rings. The predicted molar refractivity (Wildman–Crippen MR) is 74.6 cm³/mol. The molecule has 1 aromatic carbocycles. The van der Waals surface area contributed by atoms with E-state index in [9.17, 15) is 4.79 Å². The fourth-order valence-corrected chi connectivity index (χ4v) is 2.53. The van der Waals surface area contributed by atoms with Crippen molar-refractivity contribution in [2.75, 3.05) is 0 Å². The third kappa shape index (κ3) is 3.12. The standard InChI is InChI=1S/C16H23NO/c1-2-3-12-4-6-13(7-5-12)14-8-10-15(11-9-14)16(17)18/h8-13H,2-7H2,1H3,(H2,17,18)/t12-,13-/i6D,7D2/t6?,12-,13-/m0/s1. The summed E-state index contributed by atoms with van der Waals surface area (Å²) >= 11 is 0. The molecule has 2 heteroatoms. The van der Waals surface area contributed by atoms with Crippen LogP contribution >= 0.6 is 0 Å². The largest absolute Gasteiger partial charge is 0.366 e. The van der Waals surface area contributed by atoms with Crippen molar-refractivity contribution in [3.05, 3.63) is 35.4 Å². The van der Waals surface area contributed by atoms with Crippen molar-refractivity contribution in [2.45, 2.75) is 51.3 Å². The van der Waals surface area contributed by atoms with Gasteiger partial charge < -0.3 is 5.73 Å². The van der Waals surface area contributed by atoms with Crippen molar-refractivity contribution in [1.29, 1.82) is 0 Å². The van der Waals surface area contributed by atoms with E-state index in [1.165, 1.54) is 0 Å². The van der Waals surface area contributed by atoms with Crippen molar-refractivity contribution in [1.82, 2.24) is 0 Å². The number of benzene rings is 1. The van der Waals surface area contributed by atoms with Gasteiger partial charge in [0.2, 0.25) is 5.91 Å². The van der Waals surface area contributed by atoms with Gasteiger partial charge >= 0.3 is 0 Å². The summed E-state index contributed by atoms with van der Waals surface area (Å²) in [6, 6.07) is 6.73. The van der Waals surface area contributed by atoms with Gasteiger partial charge in [0.05, 0.1) is 0 Å². The maximum atomic E-state index is 11.1. The first-order valence-corrected chi connectivity index (χ1v) is 6.67. The molecule has 0 bridgehead atoms. The van der Waals surface area contributed by atoms with Gasteiger partial charge in [-0.1, -0.05) is 31.9 Å². The predicted octanol–water partition coefficient (Wildman–Crippen LogP) is 3.86. The minimum Gasteiger partial charge on any atom is -0.366 e. The summed E-state index contributed by atoms with van der Waals surface area (Å²) in [5, 5.41) is 0. The number of rotatable bonds is 4. The Kier molecular flexibility index (Phi) is 3.22. The van der Waals surface area contributed by atoms with Gasteiger partial charge in [-0.05, 0) is 55.1 Å². The molecule has 0 saturated heterocycles. The van der Waals surface area contributed by atoms with Crippen molar-refractivity contribution in [2.24, 2.45) is 11.7 Å². The third-order valence-electron chi connectivity index (χ3n) is 3.58. The molecule has 1 saturated carbocycles. The lowest BCUT2D eigenvalue weighted by atomic mass is 9.77. The summed E-state index contributed by atoms with van der Waals surface area (Å²) in [4.78, 5) is 11.1. The Morgan fingerprint density at radius 3 is 2.67 bits per heavy atom. The number of hydrogen-bond donors (Lipinski definition) is 1. The zero-order chi connectivity index (χ0) is 15.6. The van der Waals surface area contributed by atoms with E-state index in [1.807, 2.05) is 0 Å². The van der Waals surface area contributed by atoms with E-state index < -0.39 is 24.6 Å². The SMILES string of the molecule is [2H]C1C[C@H](CCC)CC([2H])([2H])[C@H]1c1ccc(C(N)=O)cc1. The second-order valence-corrected chi connectivity index (χ2v) is 5.00. The second kappa shape index (κ2) is 6.03. The van der Waals surface area contributed by atoms with Gasteiger partial charge in [0, 0.05) is 9.68 Å². The normalized spacial score (nSPS) is 33.2. The van der Waals surface area contributed by atoms with Crippen LogP contribution in [0.25, 0.3) is 0 Å². The van der Waals surface area contributed by atoms with Gasteiger partial charge in [0.15, 0.2) is 0 Å². The van der Waals surface area contributed by atoms with Crippen LogP contribution in [0.3, 0.4) is 0 Å². The van der Waals surface area contributed by atoms with Crippen LogP contribution in [0.15, 0.2) is 24.3 Å². The highest BCUT2D eigenvalue weighted by Crippen LogP contribution is 2.37. The van der Waals surface area contributed by atoms with E-state index in [-0.39, 0.29) is 0 Å². The molecule has 1 unspecified atom stereocenters. The molecule has 18 heavy (non-hydrogen) atoms. The molecule has 3 atom stereocenters. The molecule has 0 spiro atoms. The van der Waals surface area contributed by atoms with Crippen molar-refractivity contribution in [3.63, 3.8) is 0 Å². The molecular weight excluding hydrogens is 222 g/mol. The van der Waals surface area contributed by atoms with Gasteiger partial charge in [-0.2, -0.15) is 0 Å². The van der Waals surface area contributed by atoms with E-state index >= 15 is 0 Å². The van der Waals surface area contributed by atoms with Crippen LogP contribution in [-0.2, 0) is 0 Å². The molecule has 2 nitrogen and oxygen atoms in total. The Morgan fingerprint density at radius 1 is 1.39 bits per heavy atom. The fourth-order valence-electron chi connectivity index (χ4n) is 2.53. The van der Waals surface area contributed by atoms with Crippen LogP contribution in [0.5, 0.6) is 0 Å². The molecule has 0 aliphatic heterocycles. The maximum absolute atomic E-state index is 11.1. The average molecular weight is 248 g/mol. The number of nitrogens with two attached hydrogens (primary N) is 1. The first-order valence-electron chi connectivity index (χ1n) is 8.25. The first kappa shape index (κ1) is 9.60. The van der Waals surface area contributed by atoms with Crippen molar-refractivity contribution in [3.8, 4) is 0 Å². The summed E-state index contributed by atoms with van der Waals surface area (Å²) in [6.07, 6.45) is 1.46. The first-order chi connectivity index (χ1) is 9.85. The van der Waals surface area contributed by atoms with Gasteiger partial charge in [-0.15, -0.1) is 0 Å². The van der Waals surface area contributed by atoms with Crippen LogP contribution < -0.4 is 5.73 Å². The molecule has 2 rings (SSSR count). The molecule has 1 aliphatic carbocycles. The highest BCUT2D eigenvalue weighted by atomic mass is 16.1. The summed E-state index contributed by atoms with van der Waals surface area (Å²) in [5.74, 6) is -0.625. The Balaban J connectivity index is 2.23. The van der Waals surface area contributed by atoms with Crippen molar-refractivity contribution >= 4 is 5.91 Å². The van der Waals surface area contributed by atoms with Gasteiger partial charge in [0.1, 0.15) is 0 Å². The summed E-state index contributed by atoms with van der Waals surface area (Å²) in [5.41, 5.74) is 6.43. The molecule has 98 valence electrons. The zero-order valence-electron chi connectivity index (χ0n) is 13.9. The molecule has 1 aliphatic rings. The van der Waals surface area contributed by atoms with Crippen LogP contribution in [0.1, 0.15) is 71.3 Å². The fraction of sp³-hybridized carbons (Fsp3) is 0.562. The van der Waals surface area contributed by atoms with Crippen LogP contribution in [0, 0.1) is 5.92 Å². The summed E-state index contributed by atoms with van der Waals surface area (Å²) < 4.78 is 25.0. The van der Waals surface area contributed by atoms with Crippen molar-refractivity contribution < 1.29 is 8.91 Å². The quantitative estimate of drug-likeness (QED) is 0.863. The van der Waals surface area contributed by atoms with Crippen LogP contribution in [-0.4, -0.2) is 5.91 Å². The maximum Gasteiger partial charge on any atom is 0.248 e. The van der Waals surface area contributed by atoms with E-state index in [0.29, 0.717) is 17.9 Å². The third-order valence-corrected chi connectivity index (χ3v) is 3.58. The minimum atomic E-state index is -1.38. The summed E-state index contributed by atoms with van der Waals surface area (Å²) in [7, 11) is 0. The number of primary amides is 1. The lowest BCUT2D eigenvalue weighted by Crippen LogP contribution is -2.14. The highest BCUT2D eigenvalue weighted by Gasteiger charge is 2.21. The lowest BCUT2D eigenvalue weighted by molar-refractivity contribution is 0.100. The Morgan fingerprint density at radius 2 is 2.11 bits per heavy atom. The van der Waals surface area contributed by atoms with E-state index in [0.717, 1.165) is 24.8 Å². The number of carbonyl (C=O) groups is 1. The van der Waals surface area contributed by atoms with Crippen LogP contribution in [0.2, 0.25) is 0 Å². The lowest BCUT2D eigenvalue weighted by Gasteiger charge is -2.28. The average Bonchev–Trinajstić information content (AvgIpc) is 2.37. The monoisotopic (exact) mass is 248 g/mol. The van der Waals surface area contributed by atoms with Gasteiger partial charge in [-0.3, -0.25) is 4.79 Å². The zero-order valence-corrected chi connectivity index (χ0v) is 10.9. The molecular formula is C16H23NO. The van der Waals surface area contributed by atoms with Gasteiger partial charge in [-0.25, -0.2) is 0 Å². The number of carbonyl (C=O) groups excluding carboxylic acids is 1. The van der Waals surface area contributed by atoms with E-state index in [2.05, 4.69) is 6.92 Å². The topological polar surface area (TPSA) is 43.1 Å². The minimum absolute atomic E-state index is 0.300. The number of amides is 1. The van der Waals surface area contributed by atoms with E-state index in [1.54, 1.807) is 24.3 Å². The molecule has 1 amide bonds. The molecule has 0 heterocycles. The molecule has 0 radical (unpaired) electrons. The Labute approximate surface area is 114 Å². The highest BCUT2D eigenvalue weighted by molar-refractivity contribution is 5.92. The second-order valence-electron chi connectivity index (χ2n) is 5.00. The molecule has 1 fully saturated rings. The Bertz CT molecular complexity index is 501. The smallest absolute Gasteiger partial charge is 0.248 e. The molecule has 2 N–H and O–H groups in total. The van der Waals surface area contributed by atoms with Gasteiger partial charge in [0.25, 0.3) is 0 Å². The number of hydrogen-bond acceptors (Lipinski definition) is 1. The van der Waals surface area contributed by atoms with Crippen LogP contribution in [0.4, 0.5) is 0 Å². The summed E-state index contributed by atoms with van der Waals surface area (Å²) in [6.45, 7) is 2.10.